The molecule has 0 radical (unpaired) electrons. The first-order valence-corrected chi connectivity index (χ1v) is 35.8. The Balaban J connectivity index is 4.00. The largest absolute Gasteiger partial charge is 0.462 e. The number of hydrogen-bond donors (Lipinski definition) is 0. The van der Waals surface area contributed by atoms with Gasteiger partial charge in [0.15, 0.2) is 6.10 Å². The first kappa shape index (κ1) is 76.9. The highest BCUT2D eigenvalue weighted by molar-refractivity contribution is 5.71. The van der Waals surface area contributed by atoms with Crippen molar-refractivity contribution in [1.29, 1.82) is 0 Å². The van der Waals surface area contributed by atoms with Crippen LogP contribution in [-0.4, -0.2) is 37.2 Å². The van der Waals surface area contributed by atoms with Gasteiger partial charge in [-0.1, -0.05) is 360 Å². The molecule has 466 valence electrons. The lowest BCUT2D eigenvalue weighted by molar-refractivity contribution is -0.167. The number of rotatable bonds is 67. The fourth-order valence-corrected chi connectivity index (χ4v) is 11.1. The second-order valence-corrected chi connectivity index (χ2v) is 24.5. The van der Waals surface area contributed by atoms with Crippen molar-refractivity contribution in [3.05, 3.63) is 24.3 Å². The van der Waals surface area contributed by atoms with Crippen LogP contribution in [0.15, 0.2) is 24.3 Å². The number of carbonyl (C=O) groups excluding carboxylic acids is 3. The van der Waals surface area contributed by atoms with Crippen LogP contribution in [-0.2, 0) is 28.6 Å². The third-order valence-electron chi connectivity index (χ3n) is 16.5. The predicted molar refractivity (Wildman–Crippen MR) is 344 cm³/mol. The normalized spacial score (nSPS) is 12.1. The molecule has 0 amide bonds. The fourth-order valence-electron chi connectivity index (χ4n) is 11.1. The second-order valence-electron chi connectivity index (χ2n) is 24.5. The molecule has 1 unspecified atom stereocenters. The first-order chi connectivity index (χ1) is 39.0. The highest BCUT2D eigenvalue weighted by Gasteiger charge is 2.19. The maximum Gasteiger partial charge on any atom is 0.306 e. The zero-order chi connectivity index (χ0) is 57.1. The van der Waals surface area contributed by atoms with Crippen LogP contribution < -0.4 is 0 Å². The van der Waals surface area contributed by atoms with Crippen molar-refractivity contribution in [2.45, 2.75) is 412 Å². The highest BCUT2D eigenvalue weighted by atomic mass is 16.6. The molecule has 0 saturated heterocycles. The average molecular weight is 1110 g/mol. The topological polar surface area (TPSA) is 78.9 Å². The molecule has 0 rings (SSSR count). The van der Waals surface area contributed by atoms with Gasteiger partial charge in [-0.05, 0) is 51.4 Å². The van der Waals surface area contributed by atoms with Crippen molar-refractivity contribution < 1.29 is 28.6 Å². The Bertz CT molecular complexity index is 1270. The van der Waals surface area contributed by atoms with Gasteiger partial charge in [0.1, 0.15) is 13.2 Å². The predicted octanol–water partition coefficient (Wildman–Crippen LogP) is 24.6. The summed E-state index contributed by atoms with van der Waals surface area (Å²) in [6, 6.07) is 0. The lowest BCUT2D eigenvalue weighted by Gasteiger charge is -2.18. The Morgan fingerprint density at radius 3 is 0.696 bits per heavy atom. The van der Waals surface area contributed by atoms with Crippen molar-refractivity contribution >= 4 is 17.9 Å². The van der Waals surface area contributed by atoms with Gasteiger partial charge in [-0.3, -0.25) is 14.4 Å². The molecule has 0 fully saturated rings. The summed E-state index contributed by atoms with van der Waals surface area (Å²) in [6.45, 7) is 6.70. The van der Waals surface area contributed by atoms with Crippen LogP contribution in [0.5, 0.6) is 0 Å². The minimum absolute atomic E-state index is 0.0627. The number of unbranched alkanes of at least 4 members (excludes halogenated alkanes) is 52. The van der Waals surface area contributed by atoms with Crippen LogP contribution in [0.2, 0.25) is 0 Å². The van der Waals surface area contributed by atoms with Gasteiger partial charge in [0.2, 0.25) is 0 Å². The number of ether oxygens (including phenoxy) is 3. The lowest BCUT2D eigenvalue weighted by Crippen LogP contribution is -2.30. The van der Waals surface area contributed by atoms with Crippen LogP contribution in [0, 0.1) is 0 Å². The molecule has 0 aromatic rings. The van der Waals surface area contributed by atoms with Crippen molar-refractivity contribution in [2.75, 3.05) is 13.2 Å². The van der Waals surface area contributed by atoms with Gasteiger partial charge in [0.25, 0.3) is 0 Å². The summed E-state index contributed by atoms with van der Waals surface area (Å²) in [5.41, 5.74) is 0. The van der Waals surface area contributed by atoms with Crippen molar-refractivity contribution in [3.63, 3.8) is 0 Å². The molecule has 0 aromatic heterocycles. The maximum absolute atomic E-state index is 12.9. The Morgan fingerprint density at radius 1 is 0.253 bits per heavy atom. The minimum Gasteiger partial charge on any atom is -0.462 e. The molecule has 6 heteroatoms. The standard InChI is InChI=1S/C73H138O6/c1-4-7-10-13-16-19-22-25-27-28-29-30-31-32-33-34-35-36-37-38-39-40-41-42-43-44-45-46-47-49-51-54-57-60-63-66-72(75)78-69-70(68-77-71(74)65-62-59-56-53-50-24-21-18-15-12-9-6-3)79-73(76)67-64-61-58-55-52-48-26-23-20-17-14-11-8-5-2/h22,25,28-29,70H,4-21,23-24,26-27,30-69H2,1-3H3/b25-22-,29-28-. The highest BCUT2D eigenvalue weighted by Crippen LogP contribution is 2.19. The van der Waals surface area contributed by atoms with E-state index < -0.39 is 6.10 Å². The van der Waals surface area contributed by atoms with Gasteiger partial charge in [-0.25, -0.2) is 0 Å². The average Bonchev–Trinajstić information content (AvgIpc) is 3.45. The molecule has 0 spiro atoms. The molecule has 1 atom stereocenters. The van der Waals surface area contributed by atoms with E-state index in [1.807, 2.05) is 0 Å². The molecule has 0 aliphatic rings. The zero-order valence-corrected chi connectivity index (χ0v) is 53.7. The summed E-state index contributed by atoms with van der Waals surface area (Å²) in [6.07, 6.45) is 83.7. The summed E-state index contributed by atoms with van der Waals surface area (Å²) >= 11 is 0. The van der Waals surface area contributed by atoms with E-state index in [0.29, 0.717) is 19.3 Å². The van der Waals surface area contributed by atoms with E-state index in [1.165, 1.54) is 302 Å². The monoisotopic (exact) mass is 1110 g/mol. The molecular weight excluding hydrogens is 973 g/mol. The van der Waals surface area contributed by atoms with Crippen molar-refractivity contribution in [2.24, 2.45) is 0 Å². The van der Waals surface area contributed by atoms with Crippen LogP contribution in [0.1, 0.15) is 406 Å². The quantitative estimate of drug-likeness (QED) is 0.0261. The van der Waals surface area contributed by atoms with E-state index >= 15 is 0 Å². The van der Waals surface area contributed by atoms with E-state index in [0.717, 1.165) is 64.2 Å². The number of allylic oxidation sites excluding steroid dienone is 4. The van der Waals surface area contributed by atoms with Crippen LogP contribution >= 0.6 is 0 Å². The fraction of sp³-hybridized carbons (Fsp3) is 0.904. The van der Waals surface area contributed by atoms with E-state index in [9.17, 15) is 14.4 Å². The van der Waals surface area contributed by atoms with E-state index in [2.05, 4.69) is 45.1 Å². The molecule has 0 heterocycles. The van der Waals surface area contributed by atoms with Gasteiger partial charge >= 0.3 is 17.9 Å². The molecule has 79 heavy (non-hydrogen) atoms. The van der Waals surface area contributed by atoms with Gasteiger partial charge in [0, 0.05) is 19.3 Å². The summed E-state index contributed by atoms with van der Waals surface area (Å²) in [5, 5.41) is 0. The molecular formula is C73H138O6. The summed E-state index contributed by atoms with van der Waals surface area (Å²) < 4.78 is 16.9. The Labute approximate surface area is 493 Å². The van der Waals surface area contributed by atoms with Crippen molar-refractivity contribution in [1.82, 2.24) is 0 Å². The summed E-state index contributed by atoms with van der Waals surface area (Å²) in [4.78, 5) is 38.3. The summed E-state index contributed by atoms with van der Waals surface area (Å²) in [5.74, 6) is -0.831. The third-order valence-corrected chi connectivity index (χ3v) is 16.5. The van der Waals surface area contributed by atoms with Crippen molar-refractivity contribution in [3.8, 4) is 0 Å². The Kier molecular flexibility index (Phi) is 66.6. The number of carbonyl (C=O) groups is 3. The summed E-state index contributed by atoms with van der Waals surface area (Å²) in [7, 11) is 0. The Hall–Kier alpha value is -2.11. The Morgan fingerprint density at radius 2 is 0.456 bits per heavy atom. The van der Waals surface area contributed by atoms with Crippen LogP contribution in [0.25, 0.3) is 0 Å². The van der Waals surface area contributed by atoms with Crippen LogP contribution in [0.3, 0.4) is 0 Å². The van der Waals surface area contributed by atoms with E-state index in [4.69, 9.17) is 14.2 Å². The molecule has 0 N–H and O–H groups in total. The van der Waals surface area contributed by atoms with Gasteiger partial charge in [0.05, 0.1) is 0 Å². The minimum atomic E-state index is -0.764. The number of esters is 3. The van der Waals surface area contributed by atoms with Gasteiger partial charge in [-0.15, -0.1) is 0 Å². The zero-order valence-electron chi connectivity index (χ0n) is 53.7. The lowest BCUT2D eigenvalue weighted by atomic mass is 10.0. The molecule has 0 aliphatic carbocycles. The van der Waals surface area contributed by atoms with E-state index in [-0.39, 0.29) is 31.1 Å². The molecule has 0 saturated carbocycles. The van der Waals surface area contributed by atoms with Gasteiger partial charge < -0.3 is 14.2 Å². The third kappa shape index (κ3) is 66.6. The molecule has 0 aromatic carbocycles. The smallest absolute Gasteiger partial charge is 0.306 e. The maximum atomic E-state index is 12.9. The van der Waals surface area contributed by atoms with E-state index in [1.54, 1.807) is 0 Å². The molecule has 0 aliphatic heterocycles. The SMILES string of the molecule is CCCCCCC/C=C\C/C=C\CCCCCCCCCCCCCCCCCCCCCCCCCC(=O)OCC(COC(=O)CCCCCCCCCCCCCC)OC(=O)CCCCCCCCCCCCCCCC. The molecule has 6 nitrogen and oxygen atoms in total. The molecule has 0 bridgehead atoms. The van der Waals surface area contributed by atoms with Gasteiger partial charge in [-0.2, -0.15) is 0 Å². The first-order valence-electron chi connectivity index (χ1n) is 35.8. The second kappa shape index (κ2) is 68.4. The number of hydrogen-bond acceptors (Lipinski definition) is 6. The van der Waals surface area contributed by atoms with Crippen LogP contribution in [0.4, 0.5) is 0 Å².